The molecule has 0 aliphatic carbocycles. The number of rotatable bonds is 1. The largest absolute Gasteiger partial charge is 0.351 e. The first-order valence-electron chi connectivity index (χ1n) is 5.01. The minimum Gasteiger partial charge on any atom is -0.351 e. The SMILES string of the molecule is CS(=O)(=O)c1cc2ccc1cc2.Nc1ncno1. The number of anilines is 1. The van der Waals surface area contributed by atoms with E-state index in [1.807, 2.05) is 24.3 Å². The predicted octanol–water partition coefficient (Wildman–Crippen LogP) is 1.33. The summed E-state index contributed by atoms with van der Waals surface area (Å²) in [6, 6.07) is 9.27. The standard InChI is InChI=1S/C9H8O2S.C2H3N3O/c1-12(10,11)9-6-7-2-4-8(9)5-3-7;3-2-4-1-5-6-2/h2-6H,1H3;1H,(H2,3,4,5). The molecule has 94 valence electrons. The maximum atomic E-state index is 11.2. The Bertz CT molecular complexity index is 702. The summed E-state index contributed by atoms with van der Waals surface area (Å²) in [6.07, 6.45) is 2.48. The van der Waals surface area contributed by atoms with Crippen LogP contribution in [0, 0.1) is 0 Å². The zero-order valence-corrected chi connectivity index (χ0v) is 10.4. The maximum Gasteiger partial charge on any atom is 0.318 e. The van der Waals surface area contributed by atoms with E-state index in [0.29, 0.717) is 4.90 Å². The van der Waals surface area contributed by atoms with Gasteiger partial charge < -0.3 is 10.3 Å². The highest BCUT2D eigenvalue weighted by Gasteiger charge is 2.10. The summed E-state index contributed by atoms with van der Waals surface area (Å²) in [5.41, 5.74) is 4.94. The minimum atomic E-state index is -3.06. The molecular weight excluding hydrogens is 254 g/mol. The normalized spacial score (nSPS) is 11.2. The zero-order valence-electron chi connectivity index (χ0n) is 9.57. The van der Waals surface area contributed by atoms with Gasteiger partial charge in [0, 0.05) is 6.26 Å². The number of aromatic nitrogens is 2. The summed E-state index contributed by atoms with van der Waals surface area (Å²) < 4.78 is 26.7. The van der Waals surface area contributed by atoms with Crippen LogP contribution in [0.25, 0.3) is 10.8 Å². The number of hydrogen-bond acceptors (Lipinski definition) is 6. The highest BCUT2D eigenvalue weighted by Crippen LogP contribution is 2.22. The number of hydrogen-bond donors (Lipinski definition) is 1. The smallest absolute Gasteiger partial charge is 0.318 e. The van der Waals surface area contributed by atoms with Crippen molar-refractivity contribution >= 4 is 26.6 Å². The van der Waals surface area contributed by atoms with E-state index in [4.69, 9.17) is 5.73 Å². The second-order valence-electron chi connectivity index (χ2n) is 3.68. The lowest BCUT2D eigenvalue weighted by molar-refractivity contribution is 0.434. The van der Waals surface area contributed by atoms with E-state index in [2.05, 4.69) is 14.7 Å². The van der Waals surface area contributed by atoms with E-state index in [1.54, 1.807) is 6.07 Å². The Hall–Kier alpha value is -2.15. The fraction of sp³-hybridized carbons (Fsp3) is 0.0909. The van der Waals surface area contributed by atoms with Gasteiger partial charge in [0.05, 0.1) is 4.90 Å². The Morgan fingerprint density at radius 2 is 1.89 bits per heavy atom. The van der Waals surface area contributed by atoms with Crippen molar-refractivity contribution < 1.29 is 12.9 Å². The van der Waals surface area contributed by atoms with Crippen LogP contribution in [0.2, 0.25) is 0 Å². The highest BCUT2D eigenvalue weighted by atomic mass is 32.2. The molecule has 0 aliphatic heterocycles. The monoisotopic (exact) mass is 265 g/mol. The van der Waals surface area contributed by atoms with Crippen molar-refractivity contribution in [2.45, 2.75) is 4.90 Å². The molecule has 0 atom stereocenters. The molecule has 1 aromatic heterocycles. The quantitative estimate of drug-likeness (QED) is 0.712. The topological polar surface area (TPSA) is 99.1 Å². The summed E-state index contributed by atoms with van der Waals surface area (Å²) in [5, 5.41) is 4.94. The first kappa shape index (κ1) is 12.3. The average Bonchev–Trinajstić information content (AvgIpc) is 2.81. The molecule has 7 heteroatoms. The lowest BCUT2D eigenvalue weighted by atomic mass is 10.1. The van der Waals surface area contributed by atoms with Gasteiger partial charge in [-0.15, -0.1) is 0 Å². The van der Waals surface area contributed by atoms with Gasteiger partial charge in [0.2, 0.25) is 0 Å². The summed E-state index contributed by atoms with van der Waals surface area (Å²) >= 11 is 0. The van der Waals surface area contributed by atoms with E-state index < -0.39 is 9.84 Å². The number of nitrogens with zero attached hydrogens (tertiary/aromatic N) is 2. The Morgan fingerprint density at radius 3 is 2.11 bits per heavy atom. The molecule has 0 saturated heterocycles. The number of nitrogens with two attached hydrogens (primary N) is 1. The van der Waals surface area contributed by atoms with Crippen molar-refractivity contribution in [2.75, 3.05) is 12.0 Å². The zero-order chi connectivity index (χ0) is 13.2. The van der Waals surface area contributed by atoms with Crippen molar-refractivity contribution in [3.8, 4) is 0 Å². The highest BCUT2D eigenvalue weighted by molar-refractivity contribution is 7.91. The van der Waals surface area contributed by atoms with Crippen molar-refractivity contribution in [1.29, 1.82) is 0 Å². The molecule has 0 radical (unpaired) electrons. The van der Waals surface area contributed by atoms with Crippen LogP contribution in [0.5, 0.6) is 0 Å². The van der Waals surface area contributed by atoms with E-state index in [-0.39, 0.29) is 6.01 Å². The van der Waals surface area contributed by atoms with Gasteiger partial charge in [-0.05, 0) is 16.8 Å². The maximum absolute atomic E-state index is 11.2. The second kappa shape index (κ2) is 4.61. The first-order valence-corrected chi connectivity index (χ1v) is 6.90. The van der Waals surface area contributed by atoms with Crippen molar-refractivity contribution in [1.82, 2.24) is 10.1 Å². The molecule has 0 saturated carbocycles. The molecule has 0 aliphatic rings. The van der Waals surface area contributed by atoms with Crippen LogP contribution in [0.4, 0.5) is 6.01 Å². The van der Waals surface area contributed by atoms with Crippen LogP contribution in [0.3, 0.4) is 0 Å². The molecule has 2 N–H and O–H groups in total. The van der Waals surface area contributed by atoms with Gasteiger partial charge in [-0.1, -0.05) is 29.4 Å². The van der Waals surface area contributed by atoms with Gasteiger partial charge in [-0.25, -0.2) is 8.42 Å². The number of sulfone groups is 1. The molecule has 1 heterocycles. The fourth-order valence-corrected chi connectivity index (χ4v) is 2.40. The van der Waals surface area contributed by atoms with Crippen molar-refractivity contribution in [3.05, 3.63) is 36.7 Å². The van der Waals surface area contributed by atoms with Gasteiger partial charge in [0.25, 0.3) is 0 Å². The molecule has 18 heavy (non-hydrogen) atoms. The van der Waals surface area contributed by atoms with Gasteiger partial charge in [-0.3, -0.25) is 0 Å². The summed E-state index contributed by atoms with van der Waals surface area (Å²) in [5.74, 6) is 0. The molecule has 4 rings (SSSR count). The lowest BCUT2D eigenvalue weighted by Gasteiger charge is -2.04. The molecule has 3 aromatic carbocycles. The molecular formula is C11H11N3O3S. The van der Waals surface area contributed by atoms with Crippen molar-refractivity contribution in [3.63, 3.8) is 0 Å². The Labute approximate surface area is 104 Å². The Balaban J connectivity index is 0.000000169. The molecule has 0 amide bonds. The van der Waals surface area contributed by atoms with E-state index in [0.717, 1.165) is 10.8 Å². The van der Waals surface area contributed by atoms with Crippen molar-refractivity contribution in [2.24, 2.45) is 0 Å². The molecule has 0 spiro atoms. The molecule has 2 bridgehead atoms. The van der Waals surface area contributed by atoms with Gasteiger partial charge >= 0.3 is 6.01 Å². The number of fused-ring (bicyclic) bond motifs is 3. The van der Waals surface area contributed by atoms with E-state index in [1.165, 1.54) is 12.6 Å². The van der Waals surface area contributed by atoms with Crippen LogP contribution < -0.4 is 5.73 Å². The van der Waals surface area contributed by atoms with Crippen LogP contribution >= 0.6 is 0 Å². The van der Waals surface area contributed by atoms with Gasteiger partial charge in [0.1, 0.15) is 0 Å². The second-order valence-corrected chi connectivity index (χ2v) is 5.67. The van der Waals surface area contributed by atoms with Crippen LogP contribution in [-0.2, 0) is 9.84 Å². The third kappa shape index (κ3) is 2.75. The number of benzene rings is 3. The summed E-state index contributed by atoms with van der Waals surface area (Å²) in [4.78, 5) is 3.85. The van der Waals surface area contributed by atoms with Gasteiger partial charge in [0.15, 0.2) is 16.2 Å². The fourth-order valence-electron chi connectivity index (χ4n) is 1.48. The molecule has 4 aromatic rings. The molecule has 0 unspecified atom stereocenters. The minimum absolute atomic E-state index is 0.106. The van der Waals surface area contributed by atoms with Crippen LogP contribution in [0.15, 0.2) is 46.1 Å². The van der Waals surface area contributed by atoms with Crippen LogP contribution in [-0.4, -0.2) is 24.8 Å². The Morgan fingerprint density at radius 1 is 1.22 bits per heavy atom. The first-order chi connectivity index (χ1) is 8.47. The predicted molar refractivity (Wildman–Crippen MR) is 67.0 cm³/mol. The molecule has 0 fully saturated rings. The summed E-state index contributed by atoms with van der Waals surface area (Å²) in [7, 11) is -3.06. The van der Waals surface area contributed by atoms with Gasteiger partial charge in [-0.2, -0.15) is 4.98 Å². The molecule has 6 nitrogen and oxygen atoms in total. The number of nitrogen functional groups attached to an aromatic ring is 1. The van der Waals surface area contributed by atoms with E-state index >= 15 is 0 Å². The third-order valence-electron chi connectivity index (χ3n) is 2.27. The third-order valence-corrected chi connectivity index (χ3v) is 3.42. The van der Waals surface area contributed by atoms with E-state index in [9.17, 15) is 8.42 Å². The Kier molecular flexibility index (Phi) is 3.15. The lowest BCUT2D eigenvalue weighted by Crippen LogP contribution is -1.98. The average molecular weight is 265 g/mol. The van der Waals surface area contributed by atoms with Crippen LogP contribution in [0.1, 0.15) is 0 Å². The summed E-state index contributed by atoms with van der Waals surface area (Å²) in [6.45, 7) is 0.